The molecule has 2 aromatic heterocycles. The summed E-state index contributed by atoms with van der Waals surface area (Å²) in [6.07, 6.45) is 1.63. The van der Waals surface area contributed by atoms with E-state index in [9.17, 15) is 9.90 Å². The minimum Gasteiger partial charge on any atom is -0.389 e. The van der Waals surface area contributed by atoms with E-state index in [1.807, 2.05) is 36.4 Å². The fourth-order valence-electron chi connectivity index (χ4n) is 2.48. The van der Waals surface area contributed by atoms with E-state index < -0.39 is 6.10 Å². The summed E-state index contributed by atoms with van der Waals surface area (Å²) >= 11 is 1.54. The van der Waals surface area contributed by atoms with Gasteiger partial charge < -0.3 is 9.84 Å². The van der Waals surface area contributed by atoms with Gasteiger partial charge in [0.25, 0.3) is 5.56 Å². The Hall–Kier alpha value is -2.02. The van der Waals surface area contributed by atoms with Crippen LogP contribution in [0.25, 0.3) is 10.2 Å². The number of aryl methyl sites for hydroxylation is 1. The van der Waals surface area contributed by atoms with Crippen molar-refractivity contribution in [3.8, 4) is 0 Å². The van der Waals surface area contributed by atoms with Gasteiger partial charge in [0.15, 0.2) is 0 Å². The van der Waals surface area contributed by atoms with E-state index in [-0.39, 0.29) is 18.7 Å². The third kappa shape index (κ3) is 3.90. The first-order chi connectivity index (χ1) is 11.7. The maximum Gasteiger partial charge on any atom is 0.262 e. The van der Waals surface area contributed by atoms with Gasteiger partial charge >= 0.3 is 0 Å². The Morgan fingerprint density at radius 2 is 2.12 bits per heavy atom. The normalized spacial score (nSPS) is 12.6. The topological polar surface area (TPSA) is 64.4 Å². The minimum atomic E-state index is -0.755. The Labute approximate surface area is 144 Å². The van der Waals surface area contributed by atoms with Crippen LogP contribution in [-0.4, -0.2) is 27.4 Å². The minimum absolute atomic E-state index is 0.113. The Bertz CT molecular complexity index is 858. The van der Waals surface area contributed by atoms with Crippen LogP contribution in [0.2, 0.25) is 0 Å². The molecule has 0 aliphatic rings. The highest BCUT2D eigenvalue weighted by Crippen LogP contribution is 2.20. The number of ether oxygens (including phenoxy) is 1. The van der Waals surface area contributed by atoms with Crippen molar-refractivity contribution in [2.45, 2.75) is 32.6 Å². The molecule has 0 saturated carbocycles. The quantitative estimate of drug-likeness (QED) is 0.715. The lowest BCUT2D eigenvalue weighted by Gasteiger charge is -2.13. The first kappa shape index (κ1) is 16.8. The Kier molecular flexibility index (Phi) is 5.40. The van der Waals surface area contributed by atoms with Crippen LogP contribution < -0.4 is 5.56 Å². The molecule has 0 spiro atoms. The predicted molar refractivity (Wildman–Crippen MR) is 95.4 cm³/mol. The van der Waals surface area contributed by atoms with Crippen molar-refractivity contribution in [3.05, 3.63) is 63.5 Å². The summed E-state index contributed by atoms with van der Waals surface area (Å²) in [6.45, 7) is 2.84. The number of benzene rings is 1. The molecule has 2 heterocycles. The lowest BCUT2D eigenvalue weighted by molar-refractivity contribution is 0.0198. The zero-order valence-corrected chi connectivity index (χ0v) is 14.3. The molecule has 1 N–H and O–H groups in total. The van der Waals surface area contributed by atoms with Crippen molar-refractivity contribution in [2.75, 3.05) is 6.61 Å². The van der Waals surface area contributed by atoms with Crippen molar-refractivity contribution in [2.24, 2.45) is 0 Å². The van der Waals surface area contributed by atoms with Crippen molar-refractivity contribution < 1.29 is 9.84 Å². The number of aliphatic hydroxyl groups excluding tert-OH is 1. The molecule has 0 radical (unpaired) electrons. The highest BCUT2D eigenvalue weighted by atomic mass is 32.1. The number of rotatable bonds is 7. The van der Waals surface area contributed by atoms with Gasteiger partial charge in [-0.05, 0) is 18.1 Å². The lowest BCUT2D eigenvalue weighted by Crippen LogP contribution is -2.29. The van der Waals surface area contributed by atoms with E-state index in [4.69, 9.17) is 4.74 Å². The first-order valence-corrected chi connectivity index (χ1v) is 8.76. The number of aromatic nitrogens is 2. The molecule has 1 aromatic carbocycles. The van der Waals surface area contributed by atoms with Crippen molar-refractivity contribution in [1.29, 1.82) is 0 Å². The third-order valence-electron chi connectivity index (χ3n) is 3.75. The molecule has 0 aliphatic heterocycles. The highest BCUT2D eigenvalue weighted by Gasteiger charge is 2.11. The average molecular weight is 344 g/mol. The summed E-state index contributed by atoms with van der Waals surface area (Å²) in [5, 5.41) is 10.7. The van der Waals surface area contributed by atoms with Gasteiger partial charge in [0.05, 0.1) is 37.6 Å². The molecule has 1 atom stereocenters. The standard InChI is InChI=1S/C18H20N2O3S/c1-2-15-8-16-17(24-15)19-12-20(18(16)22)9-14(21)11-23-10-13-6-4-3-5-7-13/h3-8,12,14,21H,2,9-11H2,1H3. The maximum atomic E-state index is 12.5. The van der Waals surface area contributed by atoms with Crippen molar-refractivity contribution >= 4 is 21.6 Å². The molecule has 0 fully saturated rings. The lowest BCUT2D eigenvalue weighted by atomic mass is 10.2. The molecule has 0 bridgehead atoms. The summed E-state index contributed by atoms with van der Waals surface area (Å²) in [5.74, 6) is 0. The van der Waals surface area contributed by atoms with Crippen LogP contribution in [-0.2, 0) is 24.3 Å². The maximum absolute atomic E-state index is 12.5. The molecule has 24 heavy (non-hydrogen) atoms. The Morgan fingerprint density at radius 1 is 1.33 bits per heavy atom. The second-order valence-electron chi connectivity index (χ2n) is 5.64. The van der Waals surface area contributed by atoms with E-state index in [0.29, 0.717) is 12.0 Å². The second-order valence-corrected chi connectivity index (χ2v) is 6.76. The number of thiophene rings is 1. The van der Waals surface area contributed by atoms with Crippen LogP contribution in [0.4, 0.5) is 0 Å². The van der Waals surface area contributed by atoms with Crippen LogP contribution in [0.15, 0.2) is 47.5 Å². The van der Waals surface area contributed by atoms with Gasteiger partial charge in [-0.1, -0.05) is 37.3 Å². The van der Waals surface area contributed by atoms with Crippen LogP contribution in [0.1, 0.15) is 17.4 Å². The molecule has 3 aromatic rings. The summed E-state index contributed by atoms with van der Waals surface area (Å²) in [5.41, 5.74) is 0.938. The van der Waals surface area contributed by atoms with Gasteiger partial charge in [-0.25, -0.2) is 4.98 Å². The summed E-state index contributed by atoms with van der Waals surface area (Å²) in [4.78, 5) is 18.7. The number of nitrogens with zero attached hydrogens (tertiary/aromatic N) is 2. The molecule has 0 amide bonds. The Morgan fingerprint density at radius 3 is 2.88 bits per heavy atom. The SMILES string of the molecule is CCc1cc2c(=O)n(CC(O)COCc3ccccc3)cnc2s1. The van der Waals surface area contributed by atoms with Crippen LogP contribution in [0, 0.1) is 0 Å². The molecule has 0 saturated heterocycles. The average Bonchev–Trinajstić information content (AvgIpc) is 3.03. The van der Waals surface area contributed by atoms with E-state index in [2.05, 4.69) is 11.9 Å². The number of hydrogen-bond acceptors (Lipinski definition) is 5. The van der Waals surface area contributed by atoms with Gasteiger partial charge in [-0.3, -0.25) is 9.36 Å². The van der Waals surface area contributed by atoms with E-state index in [0.717, 1.165) is 21.7 Å². The molecule has 3 rings (SSSR count). The fraction of sp³-hybridized carbons (Fsp3) is 0.333. The molecule has 1 unspecified atom stereocenters. The molecule has 126 valence electrons. The second kappa shape index (κ2) is 7.70. The summed E-state index contributed by atoms with van der Waals surface area (Å²) < 4.78 is 6.97. The number of aliphatic hydroxyl groups is 1. The number of fused-ring (bicyclic) bond motifs is 1. The van der Waals surface area contributed by atoms with Gasteiger partial charge in [0, 0.05) is 4.88 Å². The highest BCUT2D eigenvalue weighted by molar-refractivity contribution is 7.18. The van der Waals surface area contributed by atoms with Crippen molar-refractivity contribution in [3.63, 3.8) is 0 Å². The van der Waals surface area contributed by atoms with Crippen molar-refractivity contribution in [1.82, 2.24) is 9.55 Å². The monoisotopic (exact) mass is 344 g/mol. The molecule has 5 nitrogen and oxygen atoms in total. The molecule has 0 aliphatic carbocycles. The summed E-state index contributed by atoms with van der Waals surface area (Å²) in [7, 11) is 0. The van der Waals surface area contributed by atoms with Gasteiger partial charge in [-0.15, -0.1) is 11.3 Å². The molecular weight excluding hydrogens is 324 g/mol. The van der Waals surface area contributed by atoms with Gasteiger partial charge in [0.1, 0.15) is 4.83 Å². The Balaban J connectivity index is 1.61. The van der Waals surface area contributed by atoms with Gasteiger partial charge in [0.2, 0.25) is 0 Å². The first-order valence-electron chi connectivity index (χ1n) is 7.95. The fourth-order valence-corrected chi connectivity index (χ4v) is 3.41. The van der Waals surface area contributed by atoms with E-state index in [1.165, 1.54) is 22.2 Å². The van der Waals surface area contributed by atoms with E-state index >= 15 is 0 Å². The summed E-state index contributed by atoms with van der Waals surface area (Å²) in [6, 6.07) is 11.7. The smallest absolute Gasteiger partial charge is 0.262 e. The molecule has 6 heteroatoms. The predicted octanol–water partition coefficient (Wildman–Crippen LogP) is 2.60. The zero-order valence-electron chi connectivity index (χ0n) is 13.5. The zero-order chi connectivity index (χ0) is 16.9. The largest absolute Gasteiger partial charge is 0.389 e. The van der Waals surface area contributed by atoms with E-state index in [1.54, 1.807) is 0 Å². The van der Waals surface area contributed by atoms with Crippen LogP contribution >= 0.6 is 11.3 Å². The van der Waals surface area contributed by atoms with Crippen LogP contribution in [0.5, 0.6) is 0 Å². The van der Waals surface area contributed by atoms with Gasteiger partial charge in [-0.2, -0.15) is 0 Å². The number of hydrogen-bond donors (Lipinski definition) is 1. The molecular formula is C18H20N2O3S. The van der Waals surface area contributed by atoms with Crippen LogP contribution in [0.3, 0.4) is 0 Å². The third-order valence-corrected chi connectivity index (χ3v) is 4.93.